The van der Waals surface area contributed by atoms with Gasteiger partial charge in [0.15, 0.2) is 0 Å². The van der Waals surface area contributed by atoms with Crippen molar-refractivity contribution in [1.29, 1.82) is 0 Å². The summed E-state index contributed by atoms with van der Waals surface area (Å²) in [6, 6.07) is 18.0. The molecule has 7 nitrogen and oxygen atoms in total. The zero-order chi connectivity index (χ0) is 22.5. The maximum absolute atomic E-state index is 12.8. The Morgan fingerprint density at radius 2 is 1.58 bits per heavy atom. The van der Waals surface area contributed by atoms with Gasteiger partial charge >= 0.3 is 5.97 Å². The number of hydrogen-bond acceptors (Lipinski definition) is 4. The predicted octanol–water partition coefficient (Wildman–Crippen LogP) is 2.80. The molecule has 2 amide bonds. The summed E-state index contributed by atoms with van der Waals surface area (Å²) in [6.45, 7) is 0.486. The summed E-state index contributed by atoms with van der Waals surface area (Å²) in [5, 5.41) is 14.5. The molecular weight excluding hydrogens is 396 g/mol. The number of amides is 2. The molecule has 166 valence electrons. The van der Waals surface area contributed by atoms with Crippen LogP contribution in [0, 0.1) is 5.92 Å². The summed E-state index contributed by atoms with van der Waals surface area (Å²) >= 11 is 0. The van der Waals surface area contributed by atoms with E-state index in [1.54, 1.807) is 0 Å². The van der Waals surface area contributed by atoms with E-state index in [9.17, 15) is 19.5 Å². The minimum absolute atomic E-state index is 0.281. The molecule has 0 bridgehead atoms. The molecule has 0 fully saturated rings. The number of benzene rings is 2. The summed E-state index contributed by atoms with van der Waals surface area (Å²) in [4.78, 5) is 36.3. The van der Waals surface area contributed by atoms with Crippen molar-refractivity contribution < 1.29 is 24.2 Å². The summed E-state index contributed by atoms with van der Waals surface area (Å²) in [7, 11) is 1.51. The second-order valence-corrected chi connectivity index (χ2v) is 7.32. The van der Waals surface area contributed by atoms with Crippen molar-refractivity contribution in [3.8, 4) is 5.75 Å². The monoisotopic (exact) mass is 426 g/mol. The number of carboxylic acid groups (broad SMARTS) is 1. The maximum Gasteiger partial charge on any atom is 0.304 e. The van der Waals surface area contributed by atoms with E-state index in [1.165, 1.54) is 7.05 Å². The lowest BCUT2D eigenvalue weighted by molar-refractivity contribution is -0.141. The van der Waals surface area contributed by atoms with E-state index in [-0.39, 0.29) is 12.3 Å². The van der Waals surface area contributed by atoms with Crippen LogP contribution >= 0.6 is 0 Å². The van der Waals surface area contributed by atoms with Gasteiger partial charge in [0.05, 0.1) is 13.0 Å². The average molecular weight is 427 g/mol. The number of rotatable bonds is 13. The molecule has 0 aromatic heterocycles. The van der Waals surface area contributed by atoms with Crippen LogP contribution in [-0.4, -0.2) is 42.6 Å². The minimum Gasteiger partial charge on any atom is -0.494 e. The molecule has 2 aromatic rings. The third-order valence-electron chi connectivity index (χ3n) is 4.91. The van der Waals surface area contributed by atoms with Gasteiger partial charge in [-0.05, 0) is 37.0 Å². The van der Waals surface area contributed by atoms with Gasteiger partial charge in [-0.15, -0.1) is 0 Å². The van der Waals surface area contributed by atoms with E-state index in [1.807, 2.05) is 60.7 Å². The quantitative estimate of drug-likeness (QED) is 0.427. The highest BCUT2D eigenvalue weighted by Gasteiger charge is 2.26. The zero-order valence-electron chi connectivity index (χ0n) is 17.8. The number of likely N-dealkylation sites (N-methyl/N-ethyl adjacent to an activating group) is 1. The van der Waals surface area contributed by atoms with Crippen molar-refractivity contribution in [2.24, 2.45) is 5.92 Å². The molecule has 0 spiro atoms. The van der Waals surface area contributed by atoms with E-state index in [0.29, 0.717) is 32.3 Å². The number of ether oxygens (including phenoxy) is 1. The molecule has 0 saturated heterocycles. The molecule has 3 N–H and O–H groups in total. The number of aliphatic carboxylic acids is 1. The SMILES string of the molecule is CNC(=O)[C@H](Cc1ccccc1)NC(=O)[C@H](CCCCOc1ccccc1)CC(=O)O. The number of carboxylic acids is 1. The minimum atomic E-state index is -1.04. The summed E-state index contributed by atoms with van der Waals surface area (Å²) in [6.07, 6.45) is 1.79. The zero-order valence-corrected chi connectivity index (χ0v) is 17.8. The number of unbranched alkanes of at least 4 members (excludes halogenated alkanes) is 1. The van der Waals surface area contributed by atoms with E-state index < -0.39 is 23.8 Å². The molecule has 2 rings (SSSR count). The molecule has 0 aliphatic rings. The molecule has 0 aliphatic heterocycles. The van der Waals surface area contributed by atoms with Crippen LogP contribution in [0.5, 0.6) is 5.75 Å². The fourth-order valence-electron chi connectivity index (χ4n) is 3.26. The van der Waals surface area contributed by atoms with E-state index >= 15 is 0 Å². The van der Waals surface area contributed by atoms with Crippen LogP contribution < -0.4 is 15.4 Å². The Bertz CT molecular complexity index is 826. The van der Waals surface area contributed by atoms with Crippen molar-refractivity contribution >= 4 is 17.8 Å². The van der Waals surface area contributed by atoms with Crippen LogP contribution in [-0.2, 0) is 20.8 Å². The van der Waals surface area contributed by atoms with Crippen LogP contribution in [0.2, 0.25) is 0 Å². The molecule has 2 aromatic carbocycles. The van der Waals surface area contributed by atoms with Crippen molar-refractivity contribution in [3.63, 3.8) is 0 Å². The third-order valence-corrected chi connectivity index (χ3v) is 4.91. The molecule has 0 aliphatic carbocycles. The number of carbonyl (C=O) groups excluding carboxylic acids is 2. The molecule has 0 saturated carbocycles. The van der Waals surface area contributed by atoms with Crippen LogP contribution in [0.15, 0.2) is 60.7 Å². The standard InChI is InChI=1S/C24H30N2O5/c1-25-24(30)21(16-18-10-4-2-5-11-18)26-23(29)19(17-22(27)28)12-8-9-15-31-20-13-6-3-7-14-20/h2-7,10-11,13-14,19,21H,8-9,12,15-17H2,1H3,(H,25,30)(H,26,29)(H,27,28)/t19-,21+/m1/s1. The summed E-state index contributed by atoms with van der Waals surface area (Å²) in [5.74, 6) is -1.72. The highest BCUT2D eigenvalue weighted by molar-refractivity contribution is 5.89. The molecule has 0 radical (unpaired) electrons. The first-order valence-corrected chi connectivity index (χ1v) is 10.4. The second kappa shape index (κ2) is 13.1. The maximum atomic E-state index is 12.8. The van der Waals surface area contributed by atoms with E-state index in [0.717, 1.165) is 11.3 Å². The topological polar surface area (TPSA) is 105 Å². The number of para-hydroxylation sites is 1. The Labute approximate surface area is 182 Å². The summed E-state index contributed by atoms with van der Waals surface area (Å²) in [5.41, 5.74) is 0.907. The highest BCUT2D eigenvalue weighted by atomic mass is 16.5. The number of hydrogen-bond donors (Lipinski definition) is 3. The van der Waals surface area contributed by atoms with Crippen molar-refractivity contribution in [1.82, 2.24) is 10.6 Å². The molecule has 0 unspecified atom stereocenters. The molecule has 7 heteroatoms. The Hall–Kier alpha value is -3.35. The molecule has 31 heavy (non-hydrogen) atoms. The predicted molar refractivity (Wildman–Crippen MR) is 118 cm³/mol. The first-order valence-electron chi connectivity index (χ1n) is 10.4. The fourth-order valence-corrected chi connectivity index (χ4v) is 3.26. The lowest BCUT2D eigenvalue weighted by atomic mass is 9.96. The Morgan fingerprint density at radius 3 is 2.19 bits per heavy atom. The van der Waals surface area contributed by atoms with Gasteiger partial charge in [-0.1, -0.05) is 48.5 Å². The van der Waals surface area contributed by atoms with E-state index in [4.69, 9.17) is 4.74 Å². The molecule has 0 heterocycles. The van der Waals surface area contributed by atoms with Gasteiger partial charge in [0.25, 0.3) is 0 Å². The van der Waals surface area contributed by atoms with Gasteiger partial charge in [-0.2, -0.15) is 0 Å². The Balaban J connectivity index is 1.89. The van der Waals surface area contributed by atoms with E-state index in [2.05, 4.69) is 10.6 Å². The van der Waals surface area contributed by atoms with Crippen molar-refractivity contribution in [2.75, 3.05) is 13.7 Å². The average Bonchev–Trinajstić information content (AvgIpc) is 2.78. The molecule has 2 atom stereocenters. The normalized spacial score (nSPS) is 12.4. The first kappa shape index (κ1) is 23.9. The largest absolute Gasteiger partial charge is 0.494 e. The fraction of sp³-hybridized carbons (Fsp3) is 0.375. The Kier molecular flexibility index (Phi) is 10.1. The van der Waals surface area contributed by atoms with Crippen LogP contribution in [0.25, 0.3) is 0 Å². The first-order chi connectivity index (χ1) is 15.0. The second-order valence-electron chi connectivity index (χ2n) is 7.32. The Morgan fingerprint density at radius 1 is 0.935 bits per heavy atom. The summed E-state index contributed by atoms with van der Waals surface area (Å²) < 4.78 is 5.64. The highest BCUT2D eigenvalue weighted by Crippen LogP contribution is 2.16. The van der Waals surface area contributed by atoms with Crippen LogP contribution in [0.1, 0.15) is 31.2 Å². The number of carbonyl (C=O) groups is 3. The van der Waals surface area contributed by atoms with Gasteiger partial charge in [-0.3, -0.25) is 14.4 Å². The lowest BCUT2D eigenvalue weighted by Gasteiger charge is -2.21. The third kappa shape index (κ3) is 8.90. The van der Waals surface area contributed by atoms with Gasteiger partial charge in [0, 0.05) is 19.4 Å². The molecular formula is C24H30N2O5. The van der Waals surface area contributed by atoms with Crippen LogP contribution in [0.4, 0.5) is 0 Å². The van der Waals surface area contributed by atoms with Gasteiger partial charge in [-0.25, -0.2) is 0 Å². The lowest BCUT2D eigenvalue weighted by Crippen LogP contribution is -2.49. The van der Waals surface area contributed by atoms with Gasteiger partial charge < -0.3 is 20.5 Å². The van der Waals surface area contributed by atoms with Gasteiger partial charge in [0.2, 0.25) is 11.8 Å². The number of nitrogens with one attached hydrogen (secondary N) is 2. The van der Waals surface area contributed by atoms with Crippen molar-refractivity contribution in [2.45, 2.75) is 38.1 Å². The smallest absolute Gasteiger partial charge is 0.304 e. The van der Waals surface area contributed by atoms with Crippen LogP contribution in [0.3, 0.4) is 0 Å². The van der Waals surface area contributed by atoms with Crippen molar-refractivity contribution in [3.05, 3.63) is 66.2 Å². The van der Waals surface area contributed by atoms with Gasteiger partial charge in [0.1, 0.15) is 11.8 Å².